The van der Waals surface area contributed by atoms with E-state index in [1.54, 1.807) is 0 Å². The minimum atomic E-state index is -1.42. The van der Waals surface area contributed by atoms with Gasteiger partial charge in [0.2, 0.25) is 5.75 Å². The van der Waals surface area contributed by atoms with Gasteiger partial charge in [0.15, 0.2) is 0 Å². The summed E-state index contributed by atoms with van der Waals surface area (Å²) in [6, 6.07) is 5.22. The molecule has 2 aromatic rings. The van der Waals surface area contributed by atoms with Crippen LogP contribution >= 0.6 is 0 Å². The average Bonchev–Trinajstić information content (AvgIpc) is 2.80. The number of carbonyl (C=O) groups excluding carboxylic acids is 3. The highest BCUT2D eigenvalue weighted by Crippen LogP contribution is 2.22. The standard InChI is InChI=1S/C14H9NO8/c16-8-2-1-7-5-10(13(19)21-9(7)6-8)22-14(20)23-15-11(17)3-4-12(15)18/h1-2,5-6,16H,3-4H2. The van der Waals surface area contributed by atoms with Crippen molar-refractivity contribution in [2.45, 2.75) is 12.8 Å². The highest BCUT2D eigenvalue weighted by Gasteiger charge is 2.33. The Bertz CT molecular complexity index is 868. The van der Waals surface area contributed by atoms with Crippen molar-refractivity contribution in [1.82, 2.24) is 5.06 Å². The summed E-state index contributed by atoms with van der Waals surface area (Å²) in [4.78, 5) is 50.4. The Morgan fingerprint density at radius 2 is 1.83 bits per heavy atom. The van der Waals surface area contributed by atoms with Crippen LogP contribution in [0.1, 0.15) is 12.8 Å². The number of hydrogen-bond acceptors (Lipinski definition) is 8. The average molecular weight is 319 g/mol. The molecule has 2 heterocycles. The maximum atomic E-state index is 11.7. The lowest BCUT2D eigenvalue weighted by molar-refractivity contribution is -0.174. The predicted molar refractivity (Wildman–Crippen MR) is 72.3 cm³/mol. The monoisotopic (exact) mass is 319 g/mol. The van der Waals surface area contributed by atoms with E-state index < -0.39 is 29.3 Å². The predicted octanol–water partition coefficient (Wildman–Crippen LogP) is 1.08. The Balaban J connectivity index is 1.81. The number of phenolic OH excluding ortho intramolecular Hbond substituents is 1. The normalized spacial score (nSPS) is 14.3. The fraction of sp³-hybridized carbons (Fsp3) is 0.143. The third-order valence-corrected chi connectivity index (χ3v) is 3.05. The van der Waals surface area contributed by atoms with Crippen LogP contribution in [0.5, 0.6) is 11.5 Å². The summed E-state index contributed by atoms with van der Waals surface area (Å²) in [5, 5.41) is 9.99. The van der Waals surface area contributed by atoms with Gasteiger partial charge in [0, 0.05) is 24.3 Å². The zero-order valence-electron chi connectivity index (χ0n) is 11.5. The molecule has 0 radical (unpaired) electrons. The van der Waals surface area contributed by atoms with E-state index in [1.807, 2.05) is 0 Å². The van der Waals surface area contributed by atoms with E-state index in [1.165, 1.54) is 24.3 Å². The Labute approximate surface area is 127 Å². The molecule has 0 unspecified atom stereocenters. The van der Waals surface area contributed by atoms with Crippen LogP contribution in [0, 0.1) is 0 Å². The second kappa shape index (κ2) is 5.44. The number of imide groups is 1. The molecule has 9 nitrogen and oxygen atoms in total. The molecule has 1 aliphatic heterocycles. The van der Waals surface area contributed by atoms with Crippen molar-refractivity contribution in [3.63, 3.8) is 0 Å². The minimum absolute atomic E-state index is 0.0618. The number of nitrogens with zero attached hydrogens (tertiary/aromatic N) is 1. The Hall–Kier alpha value is -3.36. The Morgan fingerprint density at radius 3 is 2.52 bits per heavy atom. The van der Waals surface area contributed by atoms with Gasteiger partial charge in [0.05, 0.1) is 0 Å². The van der Waals surface area contributed by atoms with Crippen LogP contribution in [0.15, 0.2) is 33.5 Å². The molecule has 0 aliphatic carbocycles. The van der Waals surface area contributed by atoms with Crippen LogP contribution in [-0.2, 0) is 14.4 Å². The van der Waals surface area contributed by atoms with Crippen LogP contribution < -0.4 is 10.4 Å². The van der Waals surface area contributed by atoms with Crippen molar-refractivity contribution < 1.29 is 33.5 Å². The minimum Gasteiger partial charge on any atom is -0.508 e. The summed E-state index contributed by atoms with van der Waals surface area (Å²) in [6.07, 6.45) is -1.54. The van der Waals surface area contributed by atoms with Crippen LogP contribution in [0.2, 0.25) is 0 Å². The van der Waals surface area contributed by atoms with Crippen LogP contribution in [0.3, 0.4) is 0 Å². The topological polar surface area (TPSA) is 123 Å². The van der Waals surface area contributed by atoms with Gasteiger partial charge in [-0.05, 0) is 18.2 Å². The quantitative estimate of drug-likeness (QED) is 0.495. The van der Waals surface area contributed by atoms with E-state index in [-0.39, 0.29) is 24.2 Å². The van der Waals surface area contributed by atoms with Gasteiger partial charge in [-0.3, -0.25) is 14.4 Å². The summed E-state index contributed by atoms with van der Waals surface area (Å²) in [5.41, 5.74) is -0.889. The molecule has 0 saturated carbocycles. The number of hydrogen-bond donors (Lipinski definition) is 1. The first kappa shape index (κ1) is 14.6. The summed E-state index contributed by atoms with van der Waals surface area (Å²) in [6.45, 7) is 0. The summed E-state index contributed by atoms with van der Waals surface area (Å²) in [5.74, 6) is -1.92. The van der Waals surface area contributed by atoms with Crippen molar-refractivity contribution in [2.24, 2.45) is 0 Å². The van der Waals surface area contributed by atoms with Crippen LogP contribution in [-0.4, -0.2) is 28.1 Å². The van der Waals surface area contributed by atoms with Gasteiger partial charge in [0.25, 0.3) is 11.8 Å². The Morgan fingerprint density at radius 1 is 1.13 bits per heavy atom. The van der Waals surface area contributed by atoms with E-state index in [4.69, 9.17) is 4.42 Å². The molecule has 1 aromatic heterocycles. The lowest BCUT2D eigenvalue weighted by Gasteiger charge is -2.11. The maximum Gasteiger partial charge on any atom is 0.539 e. The highest BCUT2D eigenvalue weighted by atomic mass is 16.8. The molecule has 9 heteroatoms. The number of rotatable bonds is 2. The first-order valence-corrected chi connectivity index (χ1v) is 6.46. The smallest absolute Gasteiger partial charge is 0.508 e. The van der Waals surface area contributed by atoms with E-state index in [2.05, 4.69) is 9.57 Å². The van der Waals surface area contributed by atoms with Crippen molar-refractivity contribution in [3.8, 4) is 11.5 Å². The van der Waals surface area contributed by atoms with Gasteiger partial charge >= 0.3 is 11.8 Å². The third kappa shape index (κ3) is 2.84. The molecule has 118 valence electrons. The van der Waals surface area contributed by atoms with E-state index in [0.29, 0.717) is 10.4 Å². The lowest BCUT2D eigenvalue weighted by Crippen LogP contribution is -2.33. The fourth-order valence-corrected chi connectivity index (χ4v) is 1.99. The Kier molecular flexibility index (Phi) is 3.45. The van der Waals surface area contributed by atoms with Gasteiger partial charge in [-0.15, -0.1) is 0 Å². The van der Waals surface area contributed by atoms with E-state index in [9.17, 15) is 24.3 Å². The SMILES string of the molecule is O=C(Oc1cc2ccc(O)cc2oc1=O)ON1C(=O)CCC1=O. The molecule has 1 N–H and O–H groups in total. The lowest BCUT2D eigenvalue weighted by atomic mass is 10.2. The van der Waals surface area contributed by atoms with Crippen molar-refractivity contribution >= 4 is 28.9 Å². The number of hydroxylamine groups is 2. The first-order chi connectivity index (χ1) is 10.9. The molecule has 0 spiro atoms. The van der Waals surface area contributed by atoms with Gasteiger partial charge in [0.1, 0.15) is 11.3 Å². The first-order valence-electron chi connectivity index (χ1n) is 6.46. The highest BCUT2D eigenvalue weighted by molar-refractivity contribution is 6.01. The molecule has 23 heavy (non-hydrogen) atoms. The molecule has 3 rings (SSSR count). The summed E-state index contributed by atoms with van der Waals surface area (Å²) in [7, 11) is 0. The zero-order valence-corrected chi connectivity index (χ0v) is 11.5. The molecule has 1 aliphatic rings. The molecule has 2 amide bonds. The third-order valence-electron chi connectivity index (χ3n) is 3.05. The maximum absolute atomic E-state index is 11.7. The van der Waals surface area contributed by atoms with Crippen LogP contribution in [0.4, 0.5) is 4.79 Å². The second-order valence-corrected chi connectivity index (χ2v) is 4.65. The number of fused-ring (bicyclic) bond motifs is 1. The molecule has 0 bridgehead atoms. The number of phenols is 1. The van der Waals surface area contributed by atoms with Gasteiger partial charge in [-0.25, -0.2) is 9.59 Å². The van der Waals surface area contributed by atoms with E-state index >= 15 is 0 Å². The number of ether oxygens (including phenoxy) is 1. The largest absolute Gasteiger partial charge is 0.539 e. The van der Waals surface area contributed by atoms with Crippen molar-refractivity contribution in [2.75, 3.05) is 0 Å². The summed E-state index contributed by atoms with van der Waals surface area (Å²) >= 11 is 0. The van der Waals surface area contributed by atoms with Crippen molar-refractivity contribution in [3.05, 3.63) is 34.7 Å². The van der Waals surface area contributed by atoms with Gasteiger partial charge in [-0.2, -0.15) is 0 Å². The van der Waals surface area contributed by atoms with Gasteiger partial charge in [-0.1, -0.05) is 5.06 Å². The van der Waals surface area contributed by atoms with Crippen molar-refractivity contribution in [1.29, 1.82) is 0 Å². The molecule has 1 fully saturated rings. The van der Waals surface area contributed by atoms with Gasteiger partial charge < -0.3 is 14.3 Å². The zero-order chi connectivity index (χ0) is 16.6. The fourth-order valence-electron chi connectivity index (χ4n) is 1.99. The van der Waals surface area contributed by atoms with Crippen LogP contribution in [0.25, 0.3) is 11.0 Å². The summed E-state index contributed by atoms with van der Waals surface area (Å²) < 4.78 is 9.56. The number of aromatic hydroxyl groups is 1. The second-order valence-electron chi connectivity index (χ2n) is 4.65. The molecule has 1 saturated heterocycles. The number of carbonyl (C=O) groups is 3. The molecule has 0 atom stereocenters. The number of amides is 2. The molecular formula is C14H9NO8. The molecule has 1 aromatic carbocycles. The van der Waals surface area contributed by atoms with E-state index in [0.717, 1.165) is 0 Å². The molecular weight excluding hydrogens is 310 g/mol. The number of benzene rings is 1.